The minimum absolute atomic E-state index is 0.150. The van der Waals surface area contributed by atoms with E-state index in [0.717, 1.165) is 18.4 Å². The molecule has 138 valence electrons. The summed E-state index contributed by atoms with van der Waals surface area (Å²) in [5, 5.41) is 0. The first kappa shape index (κ1) is 20.8. The van der Waals surface area contributed by atoms with E-state index in [1.165, 1.54) is 24.8 Å². The molecule has 0 fully saturated rings. The van der Waals surface area contributed by atoms with Gasteiger partial charge in [0, 0.05) is 0 Å². The quantitative estimate of drug-likeness (QED) is 0.341. The molecule has 0 atom stereocenters. The van der Waals surface area contributed by atoms with Crippen LogP contribution in [-0.4, -0.2) is 25.8 Å². The first-order valence-corrected chi connectivity index (χ1v) is 7.94. The molecule has 1 aromatic rings. The molecule has 0 amide bonds. The number of hydrogen-bond donors (Lipinski definition) is 0. The summed E-state index contributed by atoms with van der Waals surface area (Å²) in [6.07, 6.45) is 0.727. The lowest BCUT2D eigenvalue weighted by atomic mass is 10.1. The maximum Gasteiger partial charge on any atom is 0.468 e. The monoisotopic (exact) mass is 355 g/mol. The molecule has 0 aliphatic rings. The Morgan fingerprint density at radius 1 is 1.08 bits per heavy atom. The number of benzene rings is 1. The fourth-order valence-electron chi connectivity index (χ4n) is 1.90. The summed E-state index contributed by atoms with van der Waals surface area (Å²) in [7, 11) is 1.48. The Kier molecular flexibility index (Phi) is 8.25. The van der Waals surface area contributed by atoms with Gasteiger partial charge in [0.15, 0.2) is 0 Å². The second kappa shape index (κ2) is 9.91. The van der Waals surface area contributed by atoms with Gasteiger partial charge in [-0.3, -0.25) is 0 Å². The highest BCUT2D eigenvalue weighted by Gasteiger charge is 2.38. The smallest absolute Gasteiger partial charge is 0.468 e. The van der Waals surface area contributed by atoms with Crippen molar-refractivity contribution in [2.24, 2.45) is 4.99 Å². The van der Waals surface area contributed by atoms with E-state index >= 15 is 0 Å². The minimum atomic E-state index is -4.65. The Balaban J connectivity index is 2.73. The fraction of sp³-hybridized carbons (Fsp3) is 0.421. The number of allylic oxidation sites excluding steroid dienone is 3. The van der Waals surface area contributed by atoms with Gasteiger partial charge in [-0.2, -0.15) is 13.2 Å². The summed E-state index contributed by atoms with van der Waals surface area (Å²) >= 11 is 0. The summed E-state index contributed by atoms with van der Waals surface area (Å²) < 4.78 is 49.0. The van der Waals surface area contributed by atoms with E-state index in [4.69, 9.17) is 9.47 Å². The van der Waals surface area contributed by atoms with Crippen LogP contribution in [0, 0.1) is 0 Å². The second-order valence-electron chi connectivity index (χ2n) is 5.79. The molecule has 3 nitrogen and oxygen atoms in total. The lowest BCUT2D eigenvalue weighted by Gasteiger charge is -2.11. The van der Waals surface area contributed by atoms with Gasteiger partial charge in [-0.1, -0.05) is 17.2 Å². The predicted molar refractivity (Wildman–Crippen MR) is 94.5 cm³/mol. The zero-order chi connectivity index (χ0) is 18.9. The van der Waals surface area contributed by atoms with Crippen molar-refractivity contribution < 1.29 is 22.6 Å². The van der Waals surface area contributed by atoms with Gasteiger partial charge in [-0.25, -0.2) is 4.99 Å². The fourth-order valence-corrected chi connectivity index (χ4v) is 1.90. The molecule has 0 heterocycles. The van der Waals surface area contributed by atoms with Crippen LogP contribution in [0.15, 0.2) is 52.6 Å². The highest BCUT2D eigenvalue weighted by Crippen LogP contribution is 2.24. The van der Waals surface area contributed by atoms with Crippen LogP contribution in [0.3, 0.4) is 0 Å². The van der Waals surface area contributed by atoms with Crippen molar-refractivity contribution in [1.29, 1.82) is 0 Å². The molecule has 25 heavy (non-hydrogen) atoms. The lowest BCUT2D eigenvalue weighted by Crippen LogP contribution is -2.25. The Morgan fingerprint density at radius 3 is 2.24 bits per heavy atom. The summed E-state index contributed by atoms with van der Waals surface area (Å²) in [5.74, 6) is -0.714. The molecule has 0 radical (unpaired) electrons. The van der Waals surface area contributed by atoms with E-state index in [0.29, 0.717) is 5.75 Å². The van der Waals surface area contributed by atoms with E-state index < -0.39 is 12.1 Å². The van der Waals surface area contributed by atoms with E-state index in [1.54, 1.807) is 18.2 Å². The molecule has 6 heteroatoms. The molecule has 0 bridgehead atoms. The zero-order valence-corrected chi connectivity index (χ0v) is 15.0. The number of rotatable bonds is 7. The topological polar surface area (TPSA) is 30.8 Å². The molecule has 1 rings (SSSR count). The van der Waals surface area contributed by atoms with E-state index in [1.807, 2.05) is 20.8 Å². The zero-order valence-electron chi connectivity index (χ0n) is 15.0. The van der Waals surface area contributed by atoms with Crippen molar-refractivity contribution in [1.82, 2.24) is 0 Å². The van der Waals surface area contributed by atoms with Crippen LogP contribution in [-0.2, 0) is 4.74 Å². The molecule has 0 unspecified atom stereocenters. The van der Waals surface area contributed by atoms with Crippen LogP contribution in [0.1, 0.15) is 33.6 Å². The first-order valence-electron chi connectivity index (χ1n) is 7.94. The van der Waals surface area contributed by atoms with Crippen molar-refractivity contribution in [3.8, 4) is 5.75 Å². The van der Waals surface area contributed by atoms with Crippen molar-refractivity contribution in [3.63, 3.8) is 0 Å². The average Bonchev–Trinajstić information content (AvgIpc) is 2.53. The molecule has 0 N–H and O–H groups in total. The largest absolute Gasteiger partial charge is 0.497 e. The number of ether oxygens (including phenoxy) is 2. The Labute approximate surface area is 146 Å². The van der Waals surface area contributed by atoms with Gasteiger partial charge in [0.25, 0.3) is 5.90 Å². The van der Waals surface area contributed by atoms with Crippen LogP contribution in [0.5, 0.6) is 5.75 Å². The molecule has 0 saturated heterocycles. The molecule has 0 aromatic heterocycles. The molecule has 0 aliphatic carbocycles. The van der Waals surface area contributed by atoms with Crippen LogP contribution >= 0.6 is 0 Å². The van der Waals surface area contributed by atoms with Gasteiger partial charge < -0.3 is 9.47 Å². The van der Waals surface area contributed by atoms with Gasteiger partial charge >= 0.3 is 6.18 Å². The molecular formula is C19H24F3NO2. The average molecular weight is 355 g/mol. The van der Waals surface area contributed by atoms with Crippen LogP contribution in [0.4, 0.5) is 18.9 Å². The third kappa shape index (κ3) is 8.42. The van der Waals surface area contributed by atoms with Gasteiger partial charge in [0.05, 0.1) is 12.8 Å². The van der Waals surface area contributed by atoms with E-state index in [-0.39, 0.29) is 12.3 Å². The van der Waals surface area contributed by atoms with E-state index in [9.17, 15) is 13.2 Å². The molecule has 0 saturated carbocycles. The third-order valence-electron chi connectivity index (χ3n) is 3.29. The van der Waals surface area contributed by atoms with Crippen molar-refractivity contribution in [2.45, 2.75) is 39.8 Å². The maximum absolute atomic E-state index is 13.1. The lowest BCUT2D eigenvalue weighted by molar-refractivity contribution is -0.0770. The van der Waals surface area contributed by atoms with Crippen LogP contribution < -0.4 is 4.74 Å². The molecule has 0 aliphatic heterocycles. The van der Waals surface area contributed by atoms with Gasteiger partial charge in [0.2, 0.25) is 0 Å². The number of halogens is 3. The van der Waals surface area contributed by atoms with Crippen molar-refractivity contribution in [3.05, 3.63) is 47.6 Å². The second-order valence-corrected chi connectivity index (χ2v) is 5.79. The highest BCUT2D eigenvalue weighted by atomic mass is 19.4. The number of methoxy groups -OCH3 is 1. The van der Waals surface area contributed by atoms with E-state index in [2.05, 4.69) is 11.1 Å². The molecular weight excluding hydrogens is 331 g/mol. The summed E-state index contributed by atoms with van der Waals surface area (Å²) in [4.78, 5) is 3.56. The minimum Gasteiger partial charge on any atom is -0.497 e. The standard InChI is InChI=1S/C19H24F3NO2/c1-14(2)6-5-7-15(3)12-13-25-18(19(20,21)22)23-16-8-10-17(24-4)11-9-16/h6,8-12H,5,7,13H2,1-4H3/b15-12-,23-18?. The summed E-state index contributed by atoms with van der Waals surface area (Å²) in [5.41, 5.74) is 2.34. The molecule has 1 aromatic carbocycles. The first-order chi connectivity index (χ1) is 11.7. The van der Waals surface area contributed by atoms with Gasteiger partial charge in [0.1, 0.15) is 12.4 Å². The number of nitrogens with zero attached hydrogens (tertiary/aromatic N) is 1. The van der Waals surface area contributed by atoms with Crippen LogP contribution in [0.2, 0.25) is 0 Å². The van der Waals surface area contributed by atoms with Crippen LogP contribution in [0.25, 0.3) is 0 Å². The van der Waals surface area contributed by atoms with Gasteiger partial charge in [-0.05, 0) is 64.0 Å². The Hall–Kier alpha value is -2.24. The normalized spacial score (nSPS) is 12.8. The number of aliphatic imine (C=N–C) groups is 1. The third-order valence-corrected chi connectivity index (χ3v) is 3.29. The number of hydrogen-bond acceptors (Lipinski definition) is 3. The predicted octanol–water partition coefficient (Wildman–Crippen LogP) is 6.00. The summed E-state index contributed by atoms with van der Waals surface area (Å²) in [6, 6.07) is 5.96. The SMILES string of the molecule is COc1ccc(N=C(OC/C=C(/C)CCC=C(C)C)C(F)(F)F)cc1. The van der Waals surface area contributed by atoms with Crippen molar-refractivity contribution in [2.75, 3.05) is 13.7 Å². The molecule has 0 spiro atoms. The Bertz CT molecular complexity index is 625. The highest BCUT2D eigenvalue weighted by molar-refractivity contribution is 5.84. The van der Waals surface area contributed by atoms with Crippen molar-refractivity contribution >= 4 is 11.6 Å². The summed E-state index contributed by atoms with van der Waals surface area (Å²) in [6.45, 7) is 5.71. The Morgan fingerprint density at radius 2 is 1.72 bits per heavy atom. The van der Waals surface area contributed by atoms with Gasteiger partial charge in [-0.15, -0.1) is 0 Å². The number of alkyl halides is 3. The maximum atomic E-state index is 13.1.